The second kappa shape index (κ2) is 6.56. The largest absolute Gasteiger partial charge is 0.460 e. The van der Waals surface area contributed by atoms with Crippen molar-refractivity contribution in [3.63, 3.8) is 0 Å². The first-order chi connectivity index (χ1) is 11.8. The van der Waals surface area contributed by atoms with Crippen molar-refractivity contribution >= 4 is 52.0 Å². The predicted molar refractivity (Wildman–Crippen MR) is 89.0 cm³/mol. The SMILES string of the molecule is Cc1cc2cc(NC(=O)CCC3C(=O)NC(=O)NC3=O)cc(Cl)c2o1. The molecular formula is C16H14ClN3O5. The molecule has 1 fully saturated rings. The van der Waals surface area contributed by atoms with Gasteiger partial charge < -0.3 is 9.73 Å². The quantitative estimate of drug-likeness (QED) is 0.719. The number of imide groups is 2. The molecule has 1 aliphatic rings. The van der Waals surface area contributed by atoms with E-state index in [1.807, 2.05) is 10.6 Å². The van der Waals surface area contributed by atoms with Crippen molar-refractivity contribution in [3.05, 3.63) is 29.0 Å². The summed E-state index contributed by atoms with van der Waals surface area (Å²) in [6.07, 6.45) is -0.0860. The lowest BCUT2D eigenvalue weighted by molar-refractivity contribution is -0.136. The highest BCUT2D eigenvalue weighted by molar-refractivity contribution is 6.35. The Kier molecular flexibility index (Phi) is 4.45. The number of anilines is 1. The molecule has 25 heavy (non-hydrogen) atoms. The third-order valence-electron chi connectivity index (χ3n) is 3.74. The maximum absolute atomic E-state index is 12.1. The Balaban J connectivity index is 1.64. The van der Waals surface area contributed by atoms with Gasteiger partial charge in [0.05, 0.1) is 5.02 Å². The average molecular weight is 364 g/mol. The summed E-state index contributed by atoms with van der Waals surface area (Å²) >= 11 is 6.13. The molecule has 0 unspecified atom stereocenters. The van der Waals surface area contributed by atoms with Crippen LogP contribution in [0, 0.1) is 12.8 Å². The van der Waals surface area contributed by atoms with Gasteiger partial charge in [-0.2, -0.15) is 0 Å². The topological polar surface area (TPSA) is 118 Å². The van der Waals surface area contributed by atoms with Crippen LogP contribution in [0.1, 0.15) is 18.6 Å². The predicted octanol–water partition coefficient (Wildman–Crippen LogP) is 2.10. The lowest BCUT2D eigenvalue weighted by atomic mass is 9.99. The van der Waals surface area contributed by atoms with Crippen LogP contribution in [-0.2, 0) is 14.4 Å². The number of amides is 5. The summed E-state index contributed by atoms with van der Waals surface area (Å²) in [4.78, 5) is 46.3. The van der Waals surface area contributed by atoms with E-state index in [4.69, 9.17) is 16.0 Å². The summed E-state index contributed by atoms with van der Waals surface area (Å²) < 4.78 is 5.46. The normalized spacial score (nSPS) is 15.2. The highest BCUT2D eigenvalue weighted by atomic mass is 35.5. The van der Waals surface area contributed by atoms with Crippen LogP contribution in [0.25, 0.3) is 11.0 Å². The van der Waals surface area contributed by atoms with Crippen LogP contribution in [0.3, 0.4) is 0 Å². The molecule has 0 spiro atoms. The van der Waals surface area contributed by atoms with Crippen LogP contribution in [0.2, 0.25) is 5.02 Å². The number of urea groups is 1. The number of carbonyl (C=O) groups is 4. The van der Waals surface area contributed by atoms with E-state index in [0.29, 0.717) is 22.1 Å². The van der Waals surface area contributed by atoms with Crippen LogP contribution in [0.4, 0.5) is 10.5 Å². The summed E-state index contributed by atoms with van der Waals surface area (Å²) in [5.74, 6) is -2.18. The molecule has 2 heterocycles. The molecule has 1 aromatic heterocycles. The Hall–Kier alpha value is -2.87. The molecule has 0 radical (unpaired) electrons. The maximum Gasteiger partial charge on any atom is 0.328 e. The number of benzene rings is 1. The van der Waals surface area contributed by atoms with Crippen molar-refractivity contribution in [2.75, 3.05) is 5.32 Å². The van der Waals surface area contributed by atoms with Crippen molar-refractivity contribution in [1.82, 2.24) is 10.6 Å². The van der Waals surface area contributed by atoms with Gasteiger partial charge in [0.2, 0.25) is 17.7 Å². The molecule has 130 valence electrons. The zero-order valence-electron chi connectivity index (χ0n) is 13.1. The second-order valence-corrected chi connectivity index (χ2v) is 6.09. The van der Waals surface area contributed by atoms with Gasteiger partial charge in [0.25, 0.3) is 0 Å². The van der Waals surface area contributed by atoms with E-state index in [2.05, 4.69) is 5.32 Å². The Morgan fingerprint density at radius 3 is 2.56 bits per heavy atom. The lowest BCUT2D eigenvalue weighted by Crippen LogP contribution is -2.55. The fraction of sp³-hybridized carbons (Fsp3) is 0.250. The smallest absolute Gasteiger partial charge is 0.328 e. The molecule has 0 saturated carbocycles. The molecule has 1 aliphatic heterocycles. The number of furan rings is 1. The van der Waals surface area contributed by atoms with E-state index in [1.165, 1.54) is 0 Å². The van der Waals surface area contributed by atoms with Gasteiger partial charge in [-0.15, -0.1) is 0 Å². The fourth-order valence-corrected chi connectivity index (χ4v) is 2.89. The summed E-state index contributed by atoms with van der Waals surface area (Å²) in [5.41, 5.74) is 1.02. The first-order valence-electron chi connectivity index (χ1n) is 7.48. The highest BCUT2D eigenvalue weighted by Gasteiger charge is 2.34. The number of fused-ring (bicyclic) bond motifs is 1. The van der Waals surface area contributed by atoms with Crippen molar-refractivity contribution in [3.8, 4) is 0 Å². The Bertz CT molecular complexity index is 885. The van der Waals surface area contributed by atoms with Gasteiger partial charge in [0.15, 0.2) is 5.58 Å². The molecule has 5 amide bonds. The minimum Gasteiger partial charge on any atom is -0.460 e. The first kappa shape index (κ1) is 17.0. The zero-order chi connectivity index (χ0) is 18.1. The minimum atomic E-state index is -1.08. The molecule has 0 bridgehead atoms. The third kappa shape index (κ3) is 3.63. The number of carbonyl (C=O) groups excluding carboxylic acids is 4. The first-order valence-corrected chi connectivity index (χ1v) is 7.86. The van der Waals surface area contributed by atoms with E-state index >= 15 is 0 Å². The van der Waals surface area contributed by atoms with Gasteiger partial charge in [-0.1, -0.05) is 11.6 Å². The van der Waals surface area contributed by atoms with Crippen molar-refractivity contribution in [1.29, 1.82) is 0 Å². The molecule has 3 N–H and O–H groups in total. The highest BCUT2D eigenvalue weighted by Crippen LogP contribution is 2.30. The van der Waals surface area contributed by atoms with Crippen LogP contribution >= 0.6 is 11.6 Å². The van der Waals surface area contributed by atoms with Crippen molar-refractivity contribution in [2.45, 2.75) is 19.8 Å². The fourth-order valence-electron chi connectivity index (χ4n) is 2.62. The zero-order valence-corrected chi connectivity index (χ0v) is 13.9. The molecule has 0 atom stereocenters. The standard InChI is InChI=1S/C16H14ClN3O5/c1-7-4-8-5-9(6-11(17)13(8)25-7)18-12(21)3-2-10-14(22)19-16(24)20-15(10)23/h4-6,10H,2-3H2,1H3,(H,18,21)(H2,19,20,22,23,24). The van der Waals surface area contributed by atoms with Gasteiger partial charge in [0, 0.05) is 17.5 Å². The average Bonchev–Trinajstić information content (AvgIpc) is 2.87. The van der Waals surface area contributed by atoms with E-state index in [-0.39, 0.29) is 18.7 Å². The van der Waals surface area contributed by atoms with Gasteiger partial charge in [-0.3, -0.25) is 25.0 Å². The summed E-state index contributed by atoms with van der Waals surface area (Å²) in [6, 6.07) is 4.22. The van der Waals surface area contributed by atoms with E-state index in [0.717, 1.165) is 5.39 Å². The van der Waals surface area contributed by atoms with Crippen LogP contribution < -0.4 is 16.0 Å². The summed E-state index contributed by atoms with van der Waals surface area (Å²) in [7, 11) is 0. The summed E-state index contributed by atoms with van der Waals surface area (Å²) in [5, 5.41) is 7.77. The number of barbiturate groups is 1. The second-order valence-electron chi connectivity index (χ2n) is 5.68. The monoisotopic (exact) mass is 363 g/mol. The Morgan fingerprint density at radius 1 is 1.20 bits per heavy atom. The lowest BCUT2D eigenvalue weighted by Gasteiger charge is -2.20. The van der Waals surface area contributed by atoms with Gasteiger partial charge >= 0.3 is 6.03 Å². The Morgan fingerprint density at radius 2 is 1.88 bits per heavy atom. The molecule has 2 aromatic rings. The van der Waals surface area contributed by atoms with Crippen LogP contribution in [-0.4, -0.2) is 23.8 Å². The minimum absolute atomic E-state index is 0.0163. The number of halogens is 1. The Labute approximate surface area is 146 Å². The number of aryl methyl sites for hydroxylation is 1. The molecule has 0 aliphatic carbocycles. The van der Waals surface area contributed by atoms with Gasteiger partial charge in [-0.25, -0.2) is 4.79 Å². The van der Waals surface area contributed by atoms with Crippen LogP contribution in [0.5, 0.6) is 0 Å². The van der Waals surface area contributed by atoms with Crippen LogP contribution in [0.15, 0.2) is 22.6 Å². The van der Waals surface area contributed by atoms with E-state index < -0.39 is 23.8 Å². The van der Waals surface area contributed by atoms with Gasteiger partial charge in [-0.05, 0) is 31.5 Å². The van der Waals surface area contributed by atoms with Gasteiger partial charge in [0.1, 0.15) is 11.7 Å². The van der Waals surface area contributed by atoms with Crippen molar-refractivity contribution < 1.29 is 23.6 Å². The maximum atomic E-state index is 12.1. The molecule has 3 rings (SSSR count). The third-order valence-corrected chi connectivity index (χ3v) is 4.03. The number of hydrogen-bond acceptors (Lipinski definition) is 5. The molecular weight excluding hydrogens is 350 g/mol. The summed E-state index contributed by atoms with van der Waals surface area (Å²) in [6.45, 7) is 1.79. The number of nitrogens with one attached hydrogen (secondary N) is 3. The molecule has 1 saturated heterocycles. The molecule has 8 nitrogen and oxygen atoms in total. The van der Waals surface area contributed by atoms with Crippen molar-refractivity contribution in [2.24, 2.45) is 5.92 Å². The van der Waals surface area contributed by atoms with E-state index in [1.54, 1.807) is 25.1 Å². The number of hydrogen-bond donors (Lipinski definition) is 3. The number of rotatable bonds is 4. The molecule has 1 aromatic carbocycles. The molecule has 9 heteroatoms. The van der Waals surface area contributed by atoms with E-state index in [9.17, 15) is 19.2 Å².